The molecule has 0 spiro atoms. The maximum absolute atomic E-state index is 12.5. The summed E-state index contributed by atoms with van der Waals surface area (Å²) >= 11 is 0. The van der Waals surface area contributed by atoms with Crippen molar-refractivity contribution in [2.45, 2.75) is 38.8 Å². The van der Waals surface area contributed by atoms with Gasteiger partial charge in [-0.1, -0.05) is 18.2 Å². The molecule has 2 N–H and O–H groups in total. The summed E-state index contributed by atoms with van der Waals surface area (Å²) in [6, 6.07) is 7.34. The Labute approximate surface area is 129 Å². The zero-order chi connectivity index (χ0) is 15.7. The molecule has 2 atom stereocenters. The molecule has 1 aliphatic heterocycles. The summed E-state index contributed by atoms with van der Waals surface area (Å²) in [6.07, 6.45) is 1.92. The molecule has 2 heterocycles. The van der Waals surface area contributed by atoms with Gasteiger partial charge in [-0.05, 0) is 32.8 Å². The van der Waals surface area contributed by atoms with E-state index in [0.29, 0.717) is 11.3 Å². The Kier molecular flexibility index (Phi) is 3.98. The number of hydrogen-bond donors (Lipinski definition) is 2. The smallest absolute Gasteiger partial charge is 0.292 e. The van der Waals surface area contributed by atoms with Crippen LogP contribution in [0.25, 0.3) is 10.9 Å². The van der Waals surface area contributed by atoms with Crippen molar-refractivity contribution in [1.82, 2.24) is 10.3 Å². The molecule has 1 aromatic carbocycles. The Hall–Kier alpha value is -2.14. The fraction of sp³-hybridized carbons (Fsp3) is 0.412. The van der Waals surface area contributed by atoms with Gasteiger partial charge in [-0.15, -0.1) is 0 Å². The number of carbonyl (C=O) groups is 2. The van der Waals surface area contributed by atoms with Gasteiger partial charge in [0.2, 0.25) is 0 Å². The van der Waals surface area contributed by atoms with Crippen molar-refractivity contribution in [2.75, 3.05) is 6.61 Å². The monoisotopic (exact) mass is 300 g/mol. The lowest BCUT2D eigenvalue weighted by molar-refractivity contribution is -0.118. The number of aromatic amines is 1. The van der Waals surface area contributed by atoms with Gasteiger partial charge in [-0.2, -0.15) is 0 Å². The summed E-state index contributed by atoms with van der Waals surface area (Å²) in [6.45, 7) is 4.41. The summed E-state index contributed by atoms with van der Waals surface area (Å²) in [5.74, 6) is -1.07. The number of aryl methyl sites for hydroxylation is 1. The van der Waals surface area contributed by atoms with Crippen molar-refractivity contribution in [3.63, 3.8) is 0 Å². The van der Waals surface area contributed by atoms with Crippen LogP contribution in [0.5, 0.6) is 0 Å². The molecule has 1 aromatic heterocycles. The van der Waals surface area contributed by atoms with E-state index in [1.165, 1.54) is 0 Å². The molecule has 0 aliphatic carbocycles. The fourth-order valence-electron chi connectivity index (χ4n) is 3.04. The van der Waals surface area contributed by atoms with Crippen LogP contribution in [0.4, 0.5) is 0 Å². The van der Waals surface area contributed by atoms with Crippen molar-refractivity contribution in [1.29, 1.82) is 0 Å². The molecule has 5 nitrogen and oxygen atoms in total. The number of nitrogens with one attached hydrogen (secondary N) is 2. The van der Waals surface area contributed by atoms with Crippen LogP contribution in [-0.4, -0.2) is 35.4 Å². The SMILES string of the molecule is Cc1[nH]c2ccccc2c1C(=O)C(=O)N[C@@H](C)[C@@H]1CCCO1. The Balaban J connectivity index is 1.80. The third-order valence-corrected chi connectivity index (χ3v) is 4.21. The number of hydrogen-bond acceptors (Lipinski definition) is 3. The lowest BCUT2D eigenvalue weighted by Gasteiger charge is -2.19. The Bertz CT molecular complexity index is 714. The molecular formula is C17H20N2O3. The Morgan fingerprint density at radius 2 is 2.14 bits per heavy atom. The van der Waals surface area contributed by atoms with Gasteiger partial charge in [0.15, 0.2) is 0 Å². The number of fused-ring (bicyclic) bond motifs is 1. The number of carbonyl (C=O) groups excluding carboxylic acids is 2. The zero-order valence-corrected chi connectivity index (χ0v) is 12.8. The van der Waals surface area contributed by atoms with E-state index < -0.39 is 11.7 Å². The molecule has 3 rings (SSSR count). The number of Topliss-reactive ketones (excluding diaryl/α,β-unsaturated/α-hetero) is 1. The number of aromatic nitrogens is 1. The van der Waals surface area contributed by atoms with E-state index in [9.17, 15) is 9.59 Å². The van der Waals surface area contributed by atoms with Gasteiger partial charge >= 0.3 is 0 Å². The van der Waals surface area contributed by atoms with Crippen LogP contribution in [0.3, 0.4) is 0 Å². The third kappa shape index (κ3) is 2.64. The quantitative estimate of drug-likeness (QED) is 0.672. The van der Waals surface area contributed by atoms with Crippen molar-refractivity contribution in [3.05, 3.63) is 35.5 Å². The van der Waals surface area contributed by atoms with Crippen molar-refractivity contribution in [3.8, 4) is 0 Å². The largest absolute Gasteiger partial charge is 0.376 e. The van der Waals surface area contributed by atoms with Crippen LogP contribution in [0.2, 0.25) is 0 Å². The normalized spacial score (nSPS) is 19.3. The second-order valence-corrected chi connectivity index (χ2v) is 5.81. The number of benzene rings is 1. The van der Waals surface area contributed by atoms with Crippen LogP contribution in [-0.2, 0) is 9.53 Å². The molecular weight excluding hydrogens is 280 g/mol. The third-order valence-electron chi connectivity index (χ3n) is 4.21. The van der Waals surface area contributed by atoms with Crippen molar-refractivity contribution in [2.24, 2.45) is 0 Å². The Morgan fingerprint density at radius 3 is 2.86 bits per heavy atom. The zero-order valence-electron chi connectivity index (χ0n) is 12.8. The van der Waals surface area contributed by atoms with Crippen molar-refractivity contribution >= 4 is 22.6 Å². The van der Waals surface area contributed by atoms with Crippen LogP contribution in [0, 0.1) is 6.92 Å². The topological polar surface area (TPSA) is 71.2 Å². The number of rotatable bonds is 4. The highest BCUT2D eigenvalue weighted by Crippen LogP contribution is 2.22. The average molecular weight is 300 g/mol. The van der Waals surface area contributed by atoms with Crippen LogP contribution in [0.1, 0.15) is 35.8 Å². The maximum atomic E-state index is 12.5. The summed E-state index contributed by atoms with van der Waals surface area (Å²) in [7, 11) is 0. The molecule has 1 aliphatic rings. The first-order chi connectivity index (χ1) is 10.6. The standard InChI is InChI=1S/C17H20N2O3/c1-10(14-8-5-9-22-14)19-17(21)16(20)15-11(2)18-13-7-4-3-6-12(13)15/h3-4,6-7,10,14,18H,5,8-9H2,1-2H3,(H,19,21)/t10-,14-/m0/s1. The number of ketones is 1. The minimum atomic E-state index is -0.573. The number of para-hydroxylation sites is 1. The molecule has 0 bridgehead atoms. The summed E-state index contributed by atoms with van der Waals surface area (Å²) in [4.78, 5) is 27.9. The minimum Gasteiger partial charge on any atom is -0.376 e. The second-order valence-electron chi connectivity index (χ2n) is 5.81. The summed E-state index contributed by atoms with van der Waals surface area (Å²) < 4.78 is 5.55. The van der Waals surface area contributed by atoms with Crippen LogP contribution < -0.4 is 5.32 Å². The first-order valence-electron chi connectivity index (χ1n) is 7.62. The predicted molar refractivity (Wildman–Crippen MR) is 83.9 cm³/mol. The molecule has 1 fully saturated rings. The molecule has 116 valence electrons. The first kappa shape index (κ1) is 14.8. The van der Waals surface area contributed by atoms with Gasteiger partial charge < -0.3 is 15.0 Å². The van der Waals surface area contributed by atoms with E-state index in [0.717, 1.165) is 30.4 Å². The van der Waals surface area contributed by atoms with E-state index in [4.69, 9.17) is 4.74 Å². The summed E-state index contributed by atoms with van der Waals surface area (Å²) in [5.41, 5.74) is 2.03. The molecule has 1 amide bonds. The van der Waals surface area contributed by atoms with Gasteiger partial charge in [-0.3, -0.25) is 9.59 Å². The fourth-order valence-corrected chi connectivity index (χ4v) is 3.04. The average Bonchev–Trinajstić information content (AvgIpc) is 3.13. The molecule has 0 saturated carbocycles. The molecule has 22 heavy (non-hydrogen) atoms. The van der Waals surface area contributed by atoms with Gasteiger partial charge in [0.05, 0.1) is 17.7 Å². The number of amides is 1. The van der Waals surface area contributed by atoms with E-state index in [2.05, 4.69) is 10.3 Å². The van der Waals surface area contributed by atoms with E-state index in [1.807, 2.05) is 38.1 Å². The number of ether oxygens (including phenoxy) is 1. The highest BCUT2D eigenvalue weighted by Gasteiger charge is 2.28. The van der Waals surface area contributed by atoms with E-state index >= 15 is 0 Å². The molecule has 2 aromatic rings. The molecule has 0 radical (unpaired) electrons. The summed E-state index contributed by atoms with van der Waals surface area (Å²) in [5, 5.41) is 3.56. The second kappa shape index (κ2) is 5.93. The van der Waals surface area contributed by atoms with Crippen LogP contribution >= 0.6 is 0 Å². The lowest BCUT2D eigenvalue weighted by Crippen LogP contribution is -2.44. The first-order valence-corrected chi connectivity index (χ1v) is 7.62. The van der Waals surface area contributed by atoms with Gasteiger partial charge in [0.25, 0.3) is 11.7 Å². The van der Waals surface area contributed by atoms with Gasteiger partial charge in [0.1, 0.15) is 0 Å². The van der Waals surface area contributed by atoms with Crippen LogP contribution in [0.15, 0.2) is 24.3 Å². The van der Waals surface area contributed by atoms with Gasteiger partial charge in [0, 0.05) is 23.2 Å². The predicted octanol–water partition coefficient (Wildman–Crippen LogP) is 2.34. The van der Waals surface area contributed by atoms with Crippen molar-refractivity contribution < 1.29 is 14.3 Å². The highest BCUT2D eigenvalue weighted by molar-refractivity contribution is 6.45. The lowest BCUT2D eigenvalue weighted by atomic mass is 10.0. The maximum Gasteiger partial charge on any atom is 0.292 e. The molecule has 1 saturated heterocycles. The minimum absolute atomic E-state index is 0.000755. The number of H-pyrrole nitrogens is 1. The van der Waals surface area contributed by atoms with Gasteiger partial charge in [-0.25, -0.2) is 0 Å². The highest BCUT2D eigenvalue weighted by atomic mass is 16.5. The Morgan fingerprint density at radius 1 is 1.36 bits per heavy atom. The molecule has 5 heteroatoms. The molecule has 0 unspecified atom stereocenters. The van der Waals surface area contributed by atoms with E-state index in [1.54, 1.807) is 0 Å². The van der Waals surface area contributed by atoms with E-state index in [-0.39, 0.29) is 12.1 Å².